The maximum atomic E-state index is 13.6. The molecule has 8 heteroatoms. The van der Waals surface area contributed by atoms with Gasteiger partial charge in [-0.3, -0.25) is 9.78 Å². The molecule has 1 amide bonds. The van der Waals surface area contributed by atoms with Crippen molar-refractivity contribution < 1.29 is 13.6 Å². The summed E-state index contributed by atoms with van der Waals surface area (Å²) in [4.78, 5) is 16.1. The number of carbonyl (C=O) groups excluding carboxylic acids is 1. The number of carbonyl (C=O) groups is 1. The molecule has 0 unspecified atom stereocenters. The Morgan fingerprint density at radius 2 is 2.08 bits per heavy atom. The first-order valence-electron chi connectivity index (χ1n) is 7.11. The van der Waals surface area contributed by atoms with Gasteiger partial charge >= 0.3 is 0 Å². The third-order valence-corrected chi connectivity index (χ3v) is 3.48. The summed E-state index contributed by atoms with van der Waals surface area (Å²) in [5.41, 5.74) is 0.386. The summed E-state index contributed by atoms with van der Waals surface area (Å²) in [7, 11) is 0. The zero-order valence-corrected chi connectivity index (χ0v) is 13.1. The minimum Gasteiger partial charge on any atom is -0.419 e. The van der Waals surface area contributed by atoms with Gasteiger partial charge in [0.15, 0.2) is 0 Å². The van der Waals surface area contributed by atoms with Crippen LogP contribution in [0, 0.1) is 5.82 Å². The third-order valence-electron chi connectivity index (χ3n) is 3.17. The number of halogens is 2. The monoisotopic (exact) mass is 346 g/mol. The number of nitrogens with one attached hydrogen (secondary N) is 1. The Labute approximate surface area is 141 Å². The van der Waals surface area contributed by atoms with Crippen molar-refractivity contribution >= 4 is 17.5 Å². The van der Waals surface area contributed by atoms with Crippen molar-refractivity contribution in [2.24, 2.45) is 0 Å². The molecule has 0 aliphatic rings. The van der Waals surface area contributed by atoms with Crippen molar-refractivity contribution in [3.05, 3.63) is 64.9 Å². The third kappa shape index (κ3) is 3.57. The minimum atomic E-state index is -0.671. The lowest BCUT2D eigenvalue weighted by Gasteiger charge is -2.06. The van der Waals surface area contributed by atoms with Gasteiger partial charge in [-0.05, 0) is 24.3 Å². The molecule has 2 aromatic heterocycles. The highest BCUT2D eigenvalue weighted by Gasteiger charge is 2.16. The molecular weight excluding hydrogens is 335 g/mol. The fraction of sp³-hybridized carbons (Fsp3) is 0.125. The summed E-state index contributed by atoms with van der Waals surface area (Å²) < 4.78 is 19.1. The molecule has 24 heavy (non-hydrogen) atoms. The predicted octanol–water partition coefficient (Wildman–Crippen LogP) is 2.90. The Balaban J connectivity index is 1.59. The number of pyridine rings is 1. The van der Waals surface area contributed by atoms with E-state index in [1.165, 1.54) is 18.2 Å². The summed E-state index contributed by atoms with van der Waals surface area (Å²) >= 11 is 5.84. The van der Waals surface area contributed by atoms with Crippen molar-refractivity contribution in [3.8, 4) is 11.6 Å². The lowest BCUT2D eigenvalue weighted by Crippen LogP contribution is -2.27. The molecule has 2 heterocycles. The Morgan fingerprint density at radius 3 is 2.83 bits per heavy atom. The molecular formula is C16H12ClFN4O2. The summed E-state index contributed by atoms with van der Waals surface area (Å²) in [6, 6.07) is 9.41. The van der Waals surface area contributed by atoms with Crippen molar-refractivity contribution in [2.75, 3.05) is 6.54 Å². The van der Waals surface area contributed by atoms with Crippen LogP contribution in [0.25, 0.3) is 11.6 Å². The highest BCUT2D eigenvalue weighted by atomic mass is 35.5. The van der Waals surface area contributed by atoms with E-state index >= 15 is 0 Å². The van der Waals surface area contributed by atoms with Gasteiger partial charge in [0.2, 0.25) is 5.89 Å². The van der Waals surface area contributed by atoms with Crippen LogP contribution >= 0.6 is 11.6 Å². The van der Waals surface area contributed by atoms with E-state index in [0.717, 1.165) is 0 Å². The fourth-order valence-corrected chi connectivity index (χ4v) is 2.28. The summed E-state index contributed by atoms with van der Waals surface area (Å²) in [6.07, 6.45) is 1.93. The molecule has 1 N–H and O–H groups in total. The standard InChI is InChI=1S/C16H12ClFN4O2/c17-10-4-3-5-11(18)14(10)15(23)20-9-7-13-21-22-16(24-13)12-6-1-2-8-19-12/h1-6,8H,7,9H2,(H,20,23). The normalized spacial score (nSPS) is 10.6. The number of hydrogen-bond donors (Lipinski definition) is 1. The van der Waals surface area contributed by atoms with Crippen LogP contribution in [-0.4, -0.2) is 27.6 Å². The Bertz CT molecular complexity index is 834. The molecule has 0 spiro atoms. The minimum absolute atomic E-state index is 0.0581. The Kier molecular flexibility index (Phi) is 4.81. The number of amides is 1. The second-order valence-electron chi connectivity index (χ2n) is 4.82. The number of benzene rings is 1. The van der Waals surface area contributed by atoms with E-state index in [2.05, 4.69) is 20.5 Å². The molecule has 0 bridgehead atoms. The second-order valence-corrected chi connectivity index (χ2v) is 5.23. The van der Waals surface area contributed by atoms with Crippen LogP contribution in [0.1, 0.15) is 16.2 Å². The van der Waals surface area contributed by atoms with Crippen molar-refractivity contribution in [3.63, 3.8) is 0 Å². The molecule has 0 saturated heterocycles. The van der Waals surface area contributed by atoms with E-state index in [0.29, 0.717) is 23.9 Å². The lowest BCUT2D eigenvalue weighted by molar-refractivity contribution is 0.0950. The van der Waals surface area contributed by atoms with Crippen LogP contribution < -0.4 is 5.32 Å². The van der Waals surface area contributed by atoms with Crippen LogP contribution in [0.5, 0.6) is 0 Å². The van der Waals surface area contributed by atoms with Crippen molar-refractivity contribution in [1.82, 2.24) is 20.5 Å². The van der Waals surface area contributed by atoms with Gasteiger partial charge in [0, 0.05) is 19.2 Å². The quantitative estimate of drug-likeness (QED) is 0.768. The van der Waals surface area contributed by atoms with E-state index in [4.69, 9.17) is 16.0 Å². The summed E-state index contributed by atoms with van der Waals surface area (Å²) in [5.74, 6) is -0.623. The zero-order chi connectivity index (χ0) is 16.9. The highest BCUT2D eigenvalue weighted by molar-refractivity contribution is 6.33. The molecule has 0 atom stereocenters. The second kappa shape index (κ2) is 7.18. The first-order chi connectivity index (χ1) is 11.6. The fourth-order valence-electron chi connectivity index (χ4n) is 2.03. The van der Waals surface area contributed by atoms with E-state index in [-0.39, 0.29) is 17.1 Å². The average Bonchev–Trinajstić information content (AvgIpc) is 3.04. The largest absolute Gasteiger partial charge is 0.419 e. The van der Waals surface area contributed by atoms with Gasteiger partial charge in [-0.1, -0.05) is 23.7 Å². The Hall–Kier alpha value is -2.80. The molecule has 0 aliphatic carbocycles. The first kappa shape index (κ1) is 16.1. The van der Waals surface area contributed by atoms with E-state index in [1.807, 2.05) is 6.07 Å². The van der Waals surface area contributed by atoms with Crippen LogP contribution in [0.2, 0.25) is 5.02 Å². The predicted molar refractivity (Wildman–Crippen MR) is 85.0 cm³/mol. The van der Waals surface area contributed by atoms with Gasteiger partial charge in [0.1, 0.15) is 11.5 Å². The van der Waals surface area contributed by atoms with Crippen molar-refractivity contribution in [1.29, 1.82) is 0 Å². The highest BCUT2D eigenvalue weighted by Crippen LogP contribution is 2.18. The zero-order valence-electron chi connectivity index (χ0n) is 12.4. The van der Waals surface area contributed by atoms with Gasteiger partial charge < -0.3 is 9.73 Å². The van der Waals surface area contributed by atoms with Gasteiger partial charge in [0.05, 0.1) is 10.6 Å². The first-order valence-corrected chi connectivity index (χ1v) is 7.49. The summed E-state index contributed by atoms with van der Waals surface area (Å²) in [6.45, 7) is 0.202. The van der Waals surface area contributed by atoms with Crippen LogP contribution in [-0.2, 0) is 6.42 Å². The summed E-state index contributed by atoms with van der Waals surface area (Å²) in [5, 5.41) is 10.4. The van der Waals surface area contributed by atoms with Gasteiger partial charge in [-0.25, -0.2) is 4.39 Å². The molecule has 0 fully saturated rings. The maximum Gasteiger partial charge on any atom is 0.266 e. The van der Waals surface area contributed by atoms with Crippen LogP contribution in [0.15, 0.2) is 47.0 Å². The molecule has 3 rings (SSSR count). The molecule has 122 valence electrons. The van der Waals surface area contributed by atoms with Crippen molar-refractivity contribution in [2.45, 2.75) is 6.42 Å². The lowest BCUT2D eigenvalue weighted by atomic mass is 10.2. The number of aromatic nitrogens is 3. The molecule has 0 radical (unpaired) electrons. The Morgan fingerprint density at radius 1 is 1.21 bits per heavy atom. The molecule has 0 aliphatic heterocycles. The van der Waals surface area contributed by atoms with E-state index in [1.54, 1.807) is 18.3 Å². The number of nitrogens with zero attached hydrogens (tertiary/aromatic N) is 3. The molecule has 1 aromatic carbocycles. The van der Waals surface area contributed by atoms with Gasteiger partial charge in [-0.15, -0.1) is 10.2 Å². The SMILES string of the molecule is O=C(NCCc1nnc(-c2ccccn2)o1)c1c(F)cccc1Cl. The number of hydrogen-bond acceptors (Lipinski definition) is 5. The van der Waals surface area contributed by atoms with Gasteiger partial charge in [0.25, 0.3) is 11.8 Å². The molecule has 0 saturated carbocycles. The maximum absolute atomic E-state index is 13.6. The van der Waals surface area contributed by atoms with E-state index in [9.17, 15) is 9.18 Å². The van der Waals surface area contributed by atoms with Crippen LogP contribution in [0.3, 0.4) is 0 Å². The molecule has 6 nitrogen and oxygen atoms in total. The topological polar surface area (TPSA) is 80.9 Å². The smallest absolute Gasteiger partial charge is 0.266 e. The number of rotatable bonds is 5. The van der Waals surface area contributed by atoms with Crippen LogP contribution in [0.4, 0.5) is 4.39 Å². The molecule has 3 aromatic rings. The van der Waals surface area contributed by atoms with E-state index < -0.39 is 11.7 Å². The van der Waals surface area contributed by atoms with Gasteiger partial charge in [-0.2, -0.15) is 0 Å². The average molecular weight is 347 g/mol.